The molecule has 102 valence electrons. The summed E-state index contributed by atoms with van der Waals surface area (Å²) in [5, 5.41) is 2.69. The highest BCUT2D eigenvalue weighted by Gasteiger charge is 2.43. The van der Waals surface area contributed by atoms with Crippen LogP contribution in [0.3, 0.4) is 0 Å². The fourth-order valence-corrected chi connectivity index (χ4v) is 2.33. The lowest BCUT2D eigenvalue weighted by molar-refractivity contribution is -0.0402. The van der Waals surface area contributed by atoms with Crippen LogP contribution in [0.25, 0.3) is 0 Å². The normalized spacial score (nSPS) is 23.1. The summed E-state index contributed by atoms with van der Waals surface area (Å²) in [4.78, 5) is 5.97. The zero-order chi connectivity index (χ0) is 13.2. The van der Waals surface area contributed by atoms with E-state index in [1.54, 1.807) is 18.1 Å². The molecule has 0 saturated carbocycles. The summed E-state index contributed by atoms with van der Waals surface area (Å²) >= 11 is 0. The van der Waals surface area contributed by atoms with Crippen LogP contribution < -0.4 is 10.2 Å². The molecule has 1 fully saturated rings. The Bertz CT molecular complexity index is 397. The number of aromatic nitrogens is 1. The van der Waals surface area contributed by atoms with Crippen molar-refractivity contribution in [2.24, 2.45) is 0 Å². The Balaban J connectivity index is 0.00000180. The van der Waals surface area contributed by atoms with Gasteiger partial charge in [-0.3, -0.25) is 4.98 Å². The van der Waals surface area contributed by atoms with Gasteiger partial charge in [-0.1, -0.05) is 6.92 Å². The zero-order valence-electron chi connectivity index (χ0n) is 10.8. The van der Waals surface area contributed by atoms with E-state index in [0.717, 1.165) is 17.8 Å². The Morgan fingerprint density at radius 2 is 2.33 bits per heavy atom. The van der Waals surface area contributed by atoms with Gasteiger partial charge in [0.2, 0.25) is 0 Å². The molecule has 0 aliphatic carbocycles. The summed E-state index contributed by atoms with van der Waals surface area (Å²) in [6.07, 6.45) is 2.99. The molecule has 18 heavy (non-hydrogen) atoms. The van der Waals surface area contributed by atoms with Crippen molar-refractivity contribution in [2.45, 2.75) is 31.7 Å². The number of nitrogens with one attached hydrogen (secondary N) is 1. The standard InChI is InChI=1S/C13H19F2N3.H2/c1-3-10-4-5-11(8-17-10)18-7-6-12(16-2)13(14,15)9-18;/h4-5,8,12,16H,3,6-7,9H2,1-2H3;1H/t12-;/m0./s1. The smallest absolute Gasteiger partial charge is 0.280 e. The zero-order valence-corrected chi connectivity index (χ0v) is 10.8. The van der Waals surface area contributed by atoms with Crippen molar-refractivity contribution in [3.63, 3.8) is 0 Å². The number of piperidine rings is 1. The second-order valence-corrected chi connectivity index (χ2v) is 4.67. The molecule has 2 rings (SSSR count). The van der Waals surface area contributed by atoms with E-state index in [2.05, 4.69) is 10.3 Å². The Kier molecular flexibility index (Phi) is 3.80. The predicted molar refractivity (Wildman–Crippen MR) is 70.4 cm³/mol. The predicted octanol–water partition coefficient (Wildman–Crippen LogP) is 2.32. The summed E-state index contributed by atoms with van der Waals surface area (Å²) in [5.74, 6) is -2.70. The second kappa shape index (κ2) is 5.18. The molecule has 1 atom stereocenters. The van der Waals surface area contributed by atoms with E-state index in [9.17, 15) is 8.78 Å². The number of alkyl halides is 2. The molecule has 0 unspecified atom stereocenters. The molecular formula is C13H21F2N3. The second-order valence-electron chi connectivity index (χ2n) is 4.67. The molecule has 1 saturated heterocycles. The van der Waals surface area contributed by atoms with Crippen LogP contribution in [-0.4, -0.2) is 37.1 Å². The van der Waals surface area contributed by atoms with Gasteiger partial charge in [-0.25, -0.2) is 8.78 Å². The van der Waals surface area contributed by atoms with Crippen molar-refractivity contribution in [2.75, 3.05) is 25.0 Å². The number of hydrogen-bond donors (Lipinski definition) is 1. The van der Waals surface area contributed by atoms with E-state index in [4.69, 9.17) is 0 Å². The third-order valence-corrected chi connectivity index (χ3v) is 3.48. The first kappa shape index (κ1) is 13.2. The minimum atomic E-state index is -2.70. The third kappa shape index (κ3) is 2.61. The lowest BCUT2D eigenvalue weighted by atomic mass is 10.0. The molecule has 0 amide bonds. The van der Waals surface area contributed by atoms with Gasteiger partial charge in [-0.2, -0.15) is 0 Å². The maximum atomic E-state index is 13.8. The fourth-order valence-electron chi connectivity index (χ4n) is 2.33. The SMILES string of the molecule is CCc1ccc(N2CC[C@H](NC)C(F)(F)C2)cn1.[HH]. The first-order valence-electron chi connectivity index (χ1n) is 6.32. The van der Waals surface area contributed by atoms with Gasteiger partial charge in [0.05, 0.1) is 24.5 Å². The molecule has 1 N–H and O–H groups in total. The Morgan fingerprint density at radius 1 is 1.56 bits per heavy atom. The molecule has 0 bridgehead atoms. The van der Waals surface area contributed by atoms with E-state index in [1.807, 2.05) is 19.1 Å². The number of rotatable bonds is 3. The van der Waals surface area contributed by atoms with Crippen molar-refractivity contribution >= 4 is 5.69 Å². The number of anilines is 1. The van der Waals surface area contributed by atoms with Gasteiger partial charge >= 0.3 is 0 Å². The molecule has 1 aromatic heterocycles. The van der Waals surface area contributed by atoms with E-state index in [1.165, 1.54) is 0 Å². The van der Waals surface area contributed by atoms with E-state index in [0.29, 0.717) is 13.0 Å². The third-order valence-electron chi connectivity index (χ3n) is 3.48. The first-order chi connectivity index (χ1) is 8.56. The van der Waals surface area contributed by atoms with Crippen LogP contribution >= 0.6 is 0 Å². The maximum Gasteiger partial charge on any atom is 0.280 e. The molecule has 1 aromatic rings. The van der Waals surface area contributed by atoms with Crippen molar-refractivity contribution in [3.8, 4) is 0 Å². The van der Waals surface area contributed by atoms with Crippen LogP contribution in [-0.2, 0) is 6.42 Å². The highest BCUT2D eigenvalue weighted by molar-refractivity contribution is 5.45. The van der Waals surface area contributed by atoms with Gasteiger partial charge in [-0.15, -0.1) is 0 Å². The molecule has 2 heterocycles. The molecule has 5 heteroatoms. The van der Waals surface area contributed by atoms with Crippen LogP contribution in [0.4, 0.5) is 14.5 Å². The van der Waals surface area contributed by atoms with E-state index >= 15 is 0 Å². The van der Waals surface area contributed by atoms with Crippen molar-refractivity contribution in [1.82, 2.24) is 10.3 Å². The van der Waals surface area contributed by atoms with Gasteiger partial charge < -0.3 is 10.2 Å². The molecule has 1 aliphatic rings. The van der Waals surface area contributed by atoms with E-state index in [-0.39, 0.29) is 7.97 Å². The Hall–Kier alpha value is -1.23. The molecule has 1 aliphatic heterocycles. The van der Waals surface area contributed by atoms with Crippen LogP contribution in [0, 0.1) is 0 Å². The molecule has 0 radical (unpaired) electrons. The largest absolute Gasteiger partial charge is 0.364 e. The van der Waals surface area contributed by atoms with Gasteiger partial charge in [0, 0.05) is 13.7 Å². The van der Waals surface area contributed by atoms with Gasteiger partial charge in [0.25, 0.3) is 5.92 Å². The van der Waals surface area contributed by atoms with Crippen LogP contribution in [0.5, 0.6) is 0 Å². The lowest BCUT2D eigenvalue weighted by Crippen LogP contribution is -2.56. The Morgan fingerprint density at radius 3 is 2.83 bits per heavy atom. The molecule has 0 spiro atoms. The molecule has 3 nitrogen and oxygen atoms in total. The quantitative estimate of drug-likeness (QED) is 0.900. The number of nitrogens with zero attached hydrogens (tertiary/aromatic N) is 2. The number of pyridine rings is 1. The van der Waals surface area contributed by atoms with Crippen molar-refractivity contribution < 1.29 is 10.2 Å². The molecular weight excluding hydrogens is 236 g/mol. The van der Waals surface area contributed by atoms with Crippen LogP contribution in [0.1, 0.15) is 20.5 Å². The van der Waals surface area contributed by atoms with Gasteiger partial charge in [0.15, 0.2) is 0 Å². The average molecular weight is 257 g/mol. The highest BCUT2D eigenvalue weighted by Crippen LogP contribution is 2.30. The summed E-state index contributed by atoms with van der Waals surface area (Å²) in [7, 11) is 1.59. The number of aryl methyl sites for hydroxylation is 1. The van der Waals surface area contributed by atoms with Crippen LogP contribution in [0.15, 0.2) is 18.3 Å². The minimum Gasteiger partial charge on any atom is -0.364 e. The Labute approximate surface area is 108 Å². The monoisotopic (exact) mass is 257 g/mol. The molecule has 0 aromatic carbocycles. The number of hydrogen-bond acceptors (Lipinski definition) is 3. The summed E-state index contributed by atoms with van der Waals surface area (Å²) in [5.41, 5.74) is 1.76. The van der Waals surface area contributed by atoms with Gasteiger partial charge in [-0.05, 0) is 32.0 Å². The average Bonchev–Trinajstić information content (AvgIpc) is 2.37. The topological polar surface area (TPSA) is 28.2 Å². The lowest BCUT2D eigenvalue weighted by Gasteiger charge is -2.39. The first-order valence-corrected chi connectivity index (χ1v) is 6.32. The van der Waals surface area contributed by atoms with Crippen molar-refractivity contribution in [3.05, 3.63) is 24.0 Å². The maximum absolute atomic E-state index is 13.8. The van der Waals surface area contributed by atoms with Crippen molar-refractivity contribution in [1.29, 1.82) is 0 Å². The van der Waals surface area contributed by atoms with Gasteiger partial charge in [0.1, 0.15) is 0 Å². The number of halogens is 2. The highest BCUT2D eigenvalue weighted by atomic mass is 19.3. The summed E-state index contributed by atoms with van der Waals surface area (Å²) in [6.45, 7) is 2.41. The fraction of sp³-hybridized carbons (Fsp3) is 0.615. The van der Waals surface area contributed by atoms with Crippen LogP contribution in [0.2, 0.25) is 0 Å². The summed E-state index contributed by atoms with van der Waals surface area (Å²) < 4.78 is 27.7. The minimum absolute atomic E-state index is 0. The van der Waals surface area contributed by atoms with E-state index < -0.39 is 12.0 Å². The summed E-state index contributed by atoms with van der Waals surface area (Å²) in [6, 6.07) is 3.05.